The maximum Gasteiger partial charge on any atom is 0.430 e. The van der Waals surface area contributed by atoms with Gasteiger partial charge in [0.1, 0.15) is 11.3 Å². The van der Waals surface area contributed by atoms with Crippen molar-refractivity contribution in [3.63, 3.8) is 0 Å². The van der Waals surface area contributed by atoms with Crippen LogP contribution in [0.3, 0.4) is 0 Å². The molecular weight excluding hydrogens is 614 g/mol. The van der Waals surface area contributed by atoms with Crippen LogP contribution in [0.15, 0.2) is 24.3 Å². The van der Waals surface area contributed by atoms with E-state index in [9.17, 15) is 35.9 Å². The zero-order valence-corrected chi connectivity index (χ0v) is 25.3. The number of hydrogen-bond donors (Lipinski definition) is 1. The number of carbonyl (C=O) groups is 2. The van der Waals surface area contributed by atoms with Crippen molar-refractivity contribution in [3.05, 3.63) is 46.5 Å². The molecule has 0 radical (unpaired) electrons. The molecule has 2 aliphatic rings. The fourth-order valence-corrected chi connectivity index (χ4v) is 5.73. The van der Waals surface area contributed by atoms with Crippen LogP contribution in [0.5, 0.6) is 23.0 Å². The second-order valence-electron chi connectivity index (χ2n) is 10.8. The molecule has 1 atom stereocenters. The third kappa shape index (κ3) is 5.70. The summed E-state index contributed by atoms with van der Waals surface area (Å²) >= 11 is 0. The Morgan fingerprint density at radius 2 is 1.56 bits per heavy atom. The van der Waals surface area contributed by atoms with Crippen LogP contribution >= 0.6 is 0 Å². The molecule has 2 heterocycles. The van der Waals surface area contributed by atoms with Crippen LogP contribution in [0.1, 0.15) is 55.4 Å². The number of amides is 3. The van der Waals surface area contributed by atoms with E-state index in [0.29, 0.717) is 42.1 Å². The van der Waals surface area contributed by atoms with Crippen LogP contribution in [0.4, 0.5) is 31.1 Å². The number of fused-ring (bicyclic) bond motifs is 1. The summed E-state index contributed by atoms with van der Waals surface area (Å²) in [5.41, 5.74) is -6.37. The summed E-state index contributed by atoms with van der Waals surface area (Å²) in [6.45, 7) is 2.50. The van der Waals surface area contributed by atoms with E-state index in [4.69, 9.17) is 18.9 Å². The maximum absolute atomic E-state index is 13.8. The highest BCUT2D eigenvalue weighted by Crippen LogP contribution is 2.58. The number of methoxy groups -OCH3 is 3. The van der Waals surface area contributed by atoms with Gasteiger partial charge in [0.2, 0.25) is 5.75 Å². The molecule has 1 unspecified atom stereocenters. The molecule has 0 aliphatic carbocycles. The van der Waals surface area contributed by atoms with Gasteiger partial charge in [0.25, 0.3) is 11.5 Å². The van der Waals surface area contributed by atoms with Gasteiger partial charge >= 0.3 is 18.4 Å². The number of benzene rings is 2. The molecule has 0 bridgehead atoms. The Morgan fingerprint density at radius 3 is 2.09 bits per heavy atom. The van der Waals surface area contributed by atoms with Gasteiger partial charge in [-0.3, -0.25) is 9.69 Å². The van der Waals surface area contributed by atoms with E-state index < -0.39 is 47.6 Å². The molecule has 45 heavy (non-hydrogen) atoms. The average molecular weight is 649 g/mol. The predicted molar refractivity (Wildman–Crippen MR) is 147 cm³/mol. The molecule has 4 rings (SSSR count). The topological polar surface area (TPSA) is 95.6 Å². The molecule has 9 nitrogen and oxygen atoms in total. The lowest BCUT2D eigenvalue weighted by molar-refractivity contribution is -0.385. The van der Waals surface area contributed by atoms with E-state index in [1.165, 1.54) is 21.3 Å². The Labute approximate surface area is 255 Å². The molecule has 1 saturated heterocycles. The predicted octanol–water partition coefficient (Wildman–Crippen LogP) is 6.14. The van der Waals surface area contributed by atoms with Crippen molar-refractivity contribution in [1.82, 2.24) is 10.2 Å². The summed E-state index contributed by atoms with van der Waals surface area (Å²) in [4.78, 5) is 27.3. The maximum atomic E-state index is 13.8. The van der Waals surface area contributed by atoms with Gasteiger partial charge in [0.15, 0.2) is 11.5 Å². The molecule has 1 N–H and O–H groups in total. The van der Waals surface area contributed by atoms with Gasteiger partial charge in [-0.05, 0) is 55.5 Å². The number of halogens is 6. The van der Waals surface area contributed by atoms with E-state index in [1.54, 1.807) is 26.0 Å². The number of rotatable bonds is 12. The number of unbranched alkanes of at least 4 members (excludes halogenated alkanes) is 1. The largest absolute Gasteiger partial charge is 0.493 e. The van der Waals surface area contributed by atoms with E-state index in [2.05, 4.69) is 10.1 Å². The summed E-state index contributed by atoms with van der Waals surface area (Å²) in [5.74, 6) is 0.565. The Kier molecular flexibility index (Phi) is 9.44. The number of alkyl halides is 6. The lowest BCUT2D eigenvalue weighted by atomic mass is 9.87. The molecule has 0 aromatic heterocycles. The quantitative estimate of drug-likeness (QED) is 0.168. The Balaban J connectivity index is 1.44. The molecule has 0 spiro atoms. The minimum Gasteiger partial charge on any atom is -0.493 e. The molecular formula is C30H34F6N2O7. The molecule has 0 saturated carbocycles. The molecule has 248 valence electrons. The lowest BCUT2D eigenvalue weighted by Gasteiger charge is -2.33. The van der Waals surface area contributed by atoms with Crippen LogP contribution in [0.25, 0.3) is 0 Å². The number of carbonyl (C=O) groups excluding carboxylic acids is 2. The Bertz CT molecular complexity index is 1410. The second kappa shape index (κ2) is 12.5. The van der Waals surface area contributed by atoms with Crippen LogP contribution in [-0.2, 0) is 33.7 Å². The summed E-state index contributed by atoms with van der Waals surface area (Å²) in [7, 11) is 4.28. The molecule has 2 aliphatic heterocycles. The minimum absolute atomic E-state index is 0.0353. The highest BCUT2D eigenvalue weighted by atomic mass is 19.4. The number of imide groups is 1. The van der Waals surface area contributed by atoms with Crippen molar-refractivity contribution in [2.75, 3.05) is 34.5 Å². The van der Waals surface area contributed by atoms with Gasteiger partial charge in [0.05, 0.1) is 34.5 Å². The van der Waals surface area contributed by atoms with Crippen LogP contribution in [-0.4, -0.2) is 63.7 Å². The first kappa shape index (κ1) is 34.0. The highest BCUT2D eigenvalue weighted by molar-refractivity contribution is 6.07. The van der Waals surface area contributed by atoms with Gasteiger partial charge in [-0.1, -0.05) is 19.4 Å². The summed E-state index contributed by atoms with van der Waals surface area (Å²) in [6.07, 6.45) is -10.2. The van der Waals surface area contributed by atoms with Crippen molar-refractivity contribution < 1.29 is 59.6 Å². The van der Waals surface area contributed by atoms with Crippen molar-refractivity contribution in [2.45, 2.75) is 69.6 Å². The van der Waals surface area contributed by atoms with Crippen molar-refractivity contribution in [1.29, 1.82) is 0 Å². The molecule has 1 fully saturated rings. The highest BCUT2D eigenvalue weighted by Gasteiger charge is 2.75. The van der Waals surface area contributed by atoms with E-state index in [1.807, 2.05) is 0 Å². The normalized spacial score (nSPS) is 19.4. The first-order valence-electron chi connectivity index (χ1n) is 14.1. The van der Waals surface area contributed by atoms with Gasteiger partial charge in [-0.25, -0.2) is 4.79 Å². The SMILES string of the molecule is CCCc1c(OCCCCN2C(=O)NC(C)(c3cc(OC)c(OC)c(OC)c3)C2=O)ccc2c1COC2(C(F)(F)F)C(F)(F)F. The van der Waals surface area contributed by atoms with Crippen molar-refractivity contribution in [3.8, 4) is 23.0 Å². The zero-order chi connectivity index (χ0) is 33.4. The summed E-state index contributed by atoms with van der Waals surface area (Å²) in [6, 6.07) is 4.39. The van der Waals surface area contributed by atoms with Crippen molar-refractivity contribution in [2.24, 2.45) is 0 Å². The van der Waals surface area contributed by atoms with Crippen LogP contribution < -0.4 is 24.3 Å². The van der Waals surface area contributed by atoms with E-state index >= 15 is 0 Å². The molecule has 15 heteroatoms. The Morgan fingerprint density at radius 1 is 0.933 bits per heavy atom. The summed E-state index contributed by atoms with van der Waals surface area (Å²) < 4.78 is 109. The second-order valence-corrected chi connectivity index (χ2v) is 10.8. The fourth-order valence-electron chi connectivity index (χ4n) is 5.73. The number of nitrogens with one attached hydrogen (secondary N) is 1. The van der Waals surface area contributed by atoms with Gasteiger partial charge < -0.3 is 29.0 Å². The first-order chi connectivity index (χ1) is 21.1. The molecule has 2 aromatic carbocycles. The van der Waals surface area contributed by atoms with Gasteiger partial charge in [0, 0.05) is 17.7 Å². The number of urea groups is 1. The first-order valence-corrected chi connectivity index (χ1v) is 14.1. The zero-order valence-electron chi connectivity index (χ0n) is 25.3. The third-order valence-electron chi connectivity index (χ3n) is 8.05. The van der Waals surface area contributed by atoms with E-state index in [0.717, 1.165) is 17.0 Å². The molecule has 2 aromatic rings. The standard InChI is InChI=1S/C30H34F6N2O7/c1-6-9-18-19-16-45-28(29(31,32)33,30(34,35)36)20(19)10-11-21(18)44-13-8-7-12-38-25(39)27(2,37-26(38)40)17-14-22(41-3)24(43-5)23(15-17)42-4/h10-11,14-15H,6-9,12-13,16H2,1-5H3,(H,37,40). The minimum atomic E-state index is -5.72. The number of nitrogens with zero attached hydrogens (tertiary/aromatic N) is 1. The van der Waals surface area contributed by atoms with Crippen LogP contribution in [0.2, 0.25) is 0 Å². The Hall–Kier alpha value is -3.88. The monoisotopic (exact) mass is 648 g/mol. The van der Waals surface area contributed by atoms with E-state index in [-0.39, 0.29) is 36.4 Å². The number of hydrogen-bond acceptors (Lipinski definition) is 7. The molecule has 3 amide bonds. The van der Waals surface area contributed by atoms with Crippen LogP contribution in [0, 0.1) is 0 Å². The average Bonchev–Trinajstić information content (AvgIpc) is 3.49. The lowest BCUT2D eigenvalue weighted by Crippen LogP contribution is -2.53. The third-order valence-corrected chi connectivity index (χ3v) is 8.05. The van der Waals surface area contributed by atoms with Crippen molar-refractivity contribution >= 4 is 11.9 Å². The fraction of sp³-hybridized carbons (Fsp3) is 0.533. The van der Waals surface area contributed by atoms with Gasteiger partial charge in [-0.2, -0.15) is 26.3 Å². The number of ether oxygens (including phenoxy) is 5. The van der Waals surface area contributed by atoms with Gasteiger partial charge in [-0.15, -0.1) is 0 Å². The smallest absolute Gasteiger partial charge is 0.430 e. The summed E-state index contributed by atoms with van der Waals surface area (Å²) in [5, 5.41) is 2.71.